The molecule has 1 atom stereocenters. The van der Waals surface area contributed by atoms with Crippen molar-refractivity contribution in [3.8, 4) is 0 Å². The number of carbonyl (C=O) groups is 1. The number of ether oxygens (including phenoxy) is 2. The quantitative estimate of drug-likeness (QED) is 0.745. The Balaban J connectivity index is 1.55. The van der Waals surface area contributed by atoms with Crippen LogP contribution in [0.1, 0.15) is 18.4 Å². The first-order chi connectivity index (χ1) is 12.6. The zero-order valence-electron chi connectivity index (χ0n) is 14.6. The molecular weight excluding hydrogens is 356 g/mol. The Labute approximate surface area is 154 Å². The van der Waals surface area contributed by atoms with E-state index in [9.17, 15) is 13.2 Å². The average molecular weight is 380 g/mol. The number of amides is 1. The van der Waals surface area contributed by atoms with Gasteiger partial charge >= 0.3 is 0 Å². The van der Waals surface area contributed by atoms with E-state index in [0.29, 0.717) is 32.8 Å². The van der Waals surface area contributed by atoms with Gasteiger partial charge in [0.05, 0.1) is 24.2 Å². The summed E-state index contributed by atoms with van der Waals surface area (Å²) in [6.45, 7) is 2.85. The van der Waals surface area contributed by atoms with E-state index in [4.69, 9.17) is 9.47 Å². The molecule has 2 aliphatic rings. The number of carbonyl (C=O) groups excluding carboxylic acids is 1. The summed E-state index contributed by atoms with van der Waals surface area (Å²) in [5.41, 5.74) is 0.762. The molecule has 2 saturated heterocycles. The van der Waals surface area contributed by atoms with Crippen LogP contribution >= 0.6 is 0 Å². The summed E-state index contributed by atoms with van der Waals surface area (Å²) in [6, 6.07) is 6.51. The zero-order valence-corrected chi connectivity index (χ0v) is 15.4. The van der Waals surface area contributed by atoms with Gasteiger partial charge in [-0.3, -0.25) is 4.79 Å². The van der Waals surface area contributed by atoms with Crippen LogP contribution in [-0.2, 0) is 24.3 Å². The molecule has 1 N–H and O–H groups in total. The van der Waals surface area contributed by atoms with Gasteiger partial charge in [0.2, 0.25) is 15.9 Å². The highest BCUT2D eigenvalue weighted by molar-refractivity contribution is 7.89. The second kappa shape index (κ2) is 8.77. The highest BCUT2D eigenvalue weighted by Crippen LogP contribution is 2.18. The minimum Gasteiger partial charge on any atom is -0.379 e. The lowest BCUT2D eigenvalue weighted by atomic mass is 10.2. The number of hydrogen-bond donors (Lipinski definition) is 1. The van der Waals surface area contributed by atoms with Crippen LogP contribution in [0.3, 0.4) is 0 Å². The van der Waals surface area contributed by atoms with E-state index in [2.05, 4.69) is 5.32 Å². The molecule has 7 nitrogen and oxygen atoms in total. The molecular formula is C18H24N2O5S. The standard InChI is InChI=1S/C18H24N2O5S/c21-18(19-14-16-2-1-11-25-16)8-5-15-3-6-17(7-4-15)26(22,23)20-9-12-24-13-10-20/h3-8,16H,1-2,9-14H2,(H,19,21)/b8-5+. The lowest BCUT2D eigenvalue weighted by molar-refractivity contribution is -0.116. The first-order valence-electron chi connectivity index (χ1n) is 8.81. The number of morpholine rings is 1. The SMILES string of the molecule is O=C(/C=C/c1ccc(S(=O)(=O)N2CCOCC2)cc1)NCC1CCCO1. The van der Waals surface area contributed by atoms with Gasteiger partial charge in [-0.1, -0.05) is 12.1 Å². The molecule has 3 rings (SSSR count). The van der Waals surface area contributed by atoms with E-state index < -0.39 is 10.0 Å². The molecule has 1 aromatic carbocycles. The predicted octanol–water partition coefficient (Wildman–Crippen LogP) is 1.02. The molecule has 0 spiro atoms. The maximum atomic E-state index is 12.6. The lowest BCUT2D eigenvalue weighted by Gasteiger charge is -2.26. The van der Waals surface area contributed by atoms with E-state index in [-0.39, 0.29) is 16.9 Å². The average Bonchev–Trinajstić information content (AvgIpc) is 3.19. The van der Waals surface area contributed by atoms with Crippen LogP contribution in [-0.4, -0.2) is 64.2 Å². The van der Waals surface area contributed by atoms with Gasteiger partial charge in [-0.25, -0.2) is 8.42 Å². The molecule has 2 aliphatic heterocycles. The van der Waals surface area contributed by atoms with E-state index in [0.717, 1.165) is 25.0 Å². The molecule has 0 bridgehead atoms. The van der Waals surface area contributed by atoms with Crippen molar-refractivity contribution in [1.82, 2.24) is 9.62 Å². The van der Waals surface area contributed by atoms with Gasteiger partial charge in [-0.2, -0.15) is 4.31 Å². The van der Waals surface area contributed by atoms with Gasteiger partial charge in [0.1, 0.15) is 0 Å². The Kier molecular flexibility index (Phi) is 6.42. The molecule has 1 aromatic rings. The second-order valence-corrected chi connectivity index (χ2v) is 8.24. The Morgan fingerprint density at radius 2 is 1.92 bits per heavy atom. The van der Waals surface area contributed by atoms with Gasteiger partial charge in [-0.15, -0.1) is 0 Å². The molecule has 26 heavy (non-hydrogen) atoms. The Morgan fingerprint density at radius 1 is 1.19 bits per heavy atom. The number of hydrogen-bond acceptors (Lipinski definition) is 5. The van der Waals surface area contributed by atoms with E-state index in [1.54, 1.807) is 30.3 Å². The summed E-state index contributed by atoms with van der Waals surface area (Å²) >= 11 is 0. The van der Waals surface area contributed by atoms with Crippen molar-refractivity contribution in [2.75, 3.05) is 39.5 Å². The summed E-state index contributed by atoms with van der Waals surface area (Å²) in [6.07, 6.45) is 5.23. The molecule has 8 heteroatoms. The van der Waals surface area contributed by atoms with Crippen LogP contribution in [0.5, 0.6) is 0 Å². The lowest BCUT2D eigenvalue weighted by Crippen LogP contribution is -2.40. The topological polar surface area (TPSA) is 84.9 Å². The summed E-state index contributed by atoms with van der Waals surface area (Å²) in [5, 5.41) is 2.81. The van der Waals surface area contributed by atoms with Crippen molar-refractivity contribution in [2.45, 2.75) is 23.8 Å². The van der Waals surface area contributed by atoms with E-state index in [1.807, 2.05) is 0 Å². The van der Waals surface area contributed by atoms with Crippen molar-refractivity contribution in [3.63, 3.8) is 0 Å². The summed E-state index contributed by atoms with van der Waals surface area (Å²) < 4.78 is 37.2. The fourth-order valence-electron chi connectivity index (χ4n) is 2.94. The molecule has 0 radical (unpaired) electrons. The van der Waals surface area contributed by atoms with E-state index in [1.165, 1.54) is 10.4 Å². The summed E-state index contributed by atoms with van der Waals surface area (Å²) in [7, 11) is -3.49. The van der Waals surface area contributed by atoms with Crippen LogP contribution in [0.2, 0.25) is 0 Å². The van der Waals surface area contributed by atoms with Crippen LogP contribution in [0.4, 0.5) is 0 Å². The molecule has 1 amide bonds. The Bertz CT molecular complexity index is 733. The molecule has 142 valence electrons. The van der Waals surface area contributed by atoms with Gasteiger partial charge in [-0.05, 0) is 36.6 Å². The number of nitrogens with one attached hydrogen (secondary N) is 1. The molecule has 0 aliphatic carbocycles. The fraction of sp³-hybridized carbons (Fsp3) is 0.500. The summed E-state index contributed by atoms with van der Waals surface area (Å²) in [5.74, 6) is -0.189. The molecule has 2 heterocycles. The van der Waals surface area contributed by atoms with Crippen LogP contribution in [0.15, 0.2) is 35.2 Å². The first-order valence-corrected chi connectivity index (χ1v) is 10.3. The highest BCUT2D eigenvalue weighted by Gasteiger charge is 2.25. The van der Waals surface area contributed by atoms with Crippen molar-refractivity contribution in [3.05, 3.63) is 35.9 Å². The molecule has 0 aromatic heterocycles. The van der Waals surface area contributed by atoms with Crippen LogP contribution in [0.25, 0.3) is 6.08 Å². The second-order valence-electron chi connectivity index (χ2n) is 6.30. The number of nitrogens with zero attached hydrogens (tertiary/aromatic N) is 1. The summed E-state index contributed by atoms with van der Waals surface area (Å²) in [4.78, 5) is 12.1. The largest absolute Gasteiger partial charge is 0.379 e. The molecule has 2 fully saturated rings. The van der Waals surface area contributed by atoms with Gasteiger partial charge in [0.15, 0.2) is 0 Å². The number of rotatable bonds is 6. The maximum Gasteiger partial charge on any atom is 0.244 e. The van der Waals surface area contributed by atoms with Crippen molar-refractivity contribution < 1.29 is 22.7 Å². The minimum absolute atomic E-state index is 0.108. The smallest absolute Gasteiger partial charge is 0.244 e. The van der Waals surface area contributed by atoms with Crippen LogP contribution < -0.4 is 5.32 Å². The fourth-order valence-corrected chi connectivity index (χ4v) is 4.35. The van der Waals surface area contributed by atoms with Crippen LogP contribution in [0, 0.1) is 0 Å². The minimum atomic E-state index is -3.49. The van der Waals surface area contributed by atoms with Gasteiger partial charge in [0, 0.05) is 32.3 Å². The monoisotopic (exact) mass is 380 g/mol. The third-order valence-corrected chi connectivity index (χ3v) is 6.36. The predicted molar refractivity (Wildman–Crippen MR) is 97.0 cm³/mol. The third-order valence-electron chi connectivity index (χ3n) is 4.44. The maximum absolute atomic E-state index is 12.6. The first kappa shape index (κ1) is 19.0. The molecule has 1 unspecified atom stereocenters. The number of benzene rings is 1. The number of sulfonamides is 1. The van der Waals surface area contributed by atoms with Crippen molar-refractivity contribution >= 4 is 22.0 Å². The van der Waals surface area contributed by atoms with Crippen molar-refractivity contribution in [1.29, 1.82) is 0 Å². The molecule has 0 saturated carbocycles. The van der Waals surface area contributed by atoms with Gasteiger partial charge in [0.25, 0.3) is 0 Å². The third kappa shape index (κ3) is 4.91. The van der Waals surface area contributed by atoms with Gasteiger partial charge < -0.3 is 14.8 Å². The van der Waals surface area contributed by atoms with Crippen molar-refractivity contribution in [2.24, 2.45) is 0 Å². The van der Waals surface area contributed by atoms with E-state index >= 15 is 0 Å². The highest BCUT2D eigenvalue weighted by atomic mass is 32.2. The zero-order chi connectivity index (χ0) is 18.4. The Morgan fingerprint density at radius 3 is 2.58 bits per heavy atom. The normalized spacial score (nSPS) is 21.9. The Hall–Kier alpha value is -1.74.